The summed E-state index contributed by atoms with van der Waals surface area (Å²) in [6, 6.07) is 9.87. The zero-order valence-corrected chi connectivity index (χ0v) is 25.1. The van der Waals surface area contributed by atoms with Gasteiger partial charge in [0.15, 0.2) is 0 Å². The van der Waals surface area contributed by atoms with Crippen molar-refractivity contribution in [3.63, 3.8) is 0 Å². The Labute approximate surface area is 251 Å². The number of likely N-dealkylation sites (N-methyl/N-ethyl adjacent to an activating group) is 1. The van der Waals surface area contributed by atoms with Gasteiger partial charge in [0.05, 0.1) is 24.6 Å². The minimum atomic E-state index is -4.39. The van der Waals surface area contributed by atoms with Gasteiger partial charge in [-0.25, -0.2) is 4.79 Å². The van der Waals surface area contributed by atoms with Crippen molar-refractivity contribution < 1.29 is 32.6 Å². The molecule has 0 spiro atoms. The van der Waals surface area contributed by atoms with Crippen LogP contribution in [0.5, 0.6) is 5.75 Å². The fraction of sp³-hybridized carbons (Fsp3) is 0.562. The zero-order chi connectivity index (χ0) is 31.1. The third kappa shape index (κ3) is 9.09. The predicted octanol–water partition coefficient (Wildman–Crippen LogP) is 5.44. The Bertz CT molecular complexity index is 1230. The number of nitrogens with one attached hydrogen (secondary N) is 2. The highest BCUT2D eigenvalue weighted by Crippen LogP contribution is 2.31. The third-order valence-electron chi connectivity index (χ3n) is 8.34. The maximum absolute atomic E-state index is 13.5. The van der Waals surface area contributed by atoms with Gasteiger partial charge in [-0.15, -0.1) is 0 Å². The number of alkyl halides is 3. The molecule has 1 heterocycles. The summed E-state index contributed by atoms with van der Waals surface area (Å²) in [6.07, 6.45) is 0.608. The van der Waals surface area contributed by atoms with Gasteiger partial charge in [-0.2, -0.15) is 13.2 Å². The lowest BCUT2D eigenvalue weighted by molar-refractivity contribution is -0.137. The lowest BCUT2D eigenvalue weighted by Crippen LogP contribution is -2.47. The van der Waals surface area contributed by atoms with Crippen molar-refractivity contribution in [3.05, 3.63) is 59.2 Å². The number of hydrogen-bond acceptors (Lipinski definition) is 5. The molecule has 1 saturated carbocycles. The molecular formula is C32H43F3N4O4. The molecule has 2 aliphatic rings. The van der Waals surface area contributed by atoms with E-state index >= 15 is 0 Å². The van der Waals surface area contributed by atoms with Gasteiger partial charge in [0.1, 0.15) is 11.9 Å². The molecule has 43 heavy (non-hydrogen) atoms. The highest BCUT2D eigenvalue weighted by atomic mass is 19.4. The molecule has 3 atom stereocenters. The number of urea groups is 1. The van der Waals surface area contributed by atoms with Crippen molar-refractivity contribution in [2.75, 3.05) is 32.1 Å². The van der Waals surface area contributed by atoms with Crippen molar-refractivity contribution in [1.82, 2.24) is 15.1 Å². The Morgan fingerprint density at radius 1 is 1.14 bits per heavy atom. The van der Waals surface area contributed by atoms with Gasteiger partial charge in [-0.3, -0.25) is 9.69 Å². The molecule has 1 aliphatic heterocycles. The second-order valence-corrected chi connectivity index (χ2v) is 12.0. The van der Waals surface area contributed by atoms with E-state index in [1.54, 1.807) is 30.0 Å². The van der Waals surface area contributed by atoms with Gasteiger partial charge in [0.2, 0.25) is 5.91 Å². The van der Waals surface area contributed by atoms with Crippen molar-refractivity contribution >= 4 is 17.6 Å². The summed E-state index contributed by atoms with van der Waals surface area (Å²) in [5.41, 5.74) is 1.22. The third-order valence-corrected chi connectivity index (χ3v) is 8.34. The van der Waals surface area contributed by atoms with Crippen LogP contribution in [0.3, 0.4) is 0 Å². The van der Waals surface area contributed by atoms with E-state index in [0.717, 1.165) is 43.4 Å². The molecule has 0 aromatic heterocycles. The summed E-state index contributed by atoms with van der Waals surface area (Å²) >= 11 is 0. The Morgan fingerprint density at radius 2 is 1.84 bits per heavy atom. The van der Waals surface area contributed by atoms with E-state index < -0.39 is 17.8 Å². The van der Waals surface area contributed by atoms with Crippen LogP contribution in [0, 0.1) is 5.92 Å². The topological polar surface area (TPSA) is 94.1 Å². The Balaban J connectivity index is 1.52. The van der Waals surface area contributed by atoms with Crippen LogP contribution in [0.4, 0.5) is 23.7 Å². The zero-order valence-electron chi connectivity index (χ0n) is 25.1. The molecule has 0 bridgehead atoms. The number of fused-ring (bicyclic) bond motifs is 1. The second kappa shape index (κ2) is 14.4. The van der Waals surface area contributed by atoms with E-state index in [1.165, 1.54) is 18.6 Å². The standard InChI is InChI=1S/C32H43F3N4O4/c1-21-17-39(22(2)20-40)30(41)16-24-15-27(37-31(42)36-26-7-5-4-6-8-26)13-14-28(24)43-29(21)19-38(3)18-23-9-11-25(12-10-23)32(33,34)35/h9-15,21-22,26,29,40H,4-8,16-20H2,1-3H3,(H2,36,37,42)/t21-,22-,29-/m0/s1. The molecule has 236 valence electrons. The van der Waals surface area contributed by atoms with Crippen molar-refractivity contribution in [1.29, 1.82) is 0 Å². The quantitative estimate of drug-likeness (QED) is 0.373. The van der Waals surface area contributed by atoms with E-state index in [1.807, 2.05) is 18.9 Å². The maximum Gasteiger partial charge on any atom is 0.416 e. The Morgan fingerprint density at radius 3 is 2.49 bits per heavy atom. The van der Waals surface area contributed by atoms with E-state index in [0.29, 0.717) is 36.6 Å². The van der Waals surface area contributed by atoms with Gasteiger partial charge >= 0.3 is 12.2 Å². The summed E-state index contributed by atoms with van der Waals surface area (Å²) < 4.78 is 45.5. The maximum atomic E-state index is 13.5. The molecule has 3 N–H and O–H groups in total. The minimum Gasteiger partial charge on any atom is -0.488 e. The number of aliphatic hydroxyl groups excluding tert-OH is 1. The SMILES string of the molecule is C[C@H]1CN([C@@H](C)CO)C(=O)Cc2cc(NC(=O)NC3CCCCC3)ccc2O[C@H]1CN(C)Cc1ccc(C(F)(F)F)cc1. The van der Waals surface area contributed by atoms with Gasteiger partial charge in [-0.05, 0) is 62.7 Å². The van der Waals surface area contributed by atoms with E-state index in [9.17, 15) is 27.9 Å². The van der Waals surface area contributed by atoms with Crippen LogP contribution in [0.2, 0.25) is 0 Å². The first kappa shape index (κ1) is 32.6. The van der Waals surface area contributed by atoms with Crippen LogP contribution < -0.4 is 15.4 Å². The average Bonchev–Trinajstić information content (AvgIpc) is 3.00. The second-order valence-electron chi connectivity index (χ2n) is 12.0. The normalized spacial score (nSPS) is 20.8. The molecule has 0 unspecified atom stereocenters. The predicted molar refractivity (Wildman–Crippen MR) is 159 cm³/mol. The van der Waals surface area contributed by atoms with Crippen LogP contribution in [-0.4, -0.2) is 71.8 Å². The number of benzene rings is 2. The van der Waals surface area contributed by atoms with Crippen LogP contribution in [0.1, 0.15) is 62.6 Å². The summed E-state index contributed by atoms with van der Waals surface area (Å²) in [5, 5.41) is 15.8. The number of hydrogen-bond donors (Lipinski definition) is 3. The highest BCUT2D eigenvalue weighted by molar-refractivity contribution is 5.90. The first-order valence-electron chi connectivity index (χ1n) is 15.0. The van der Waals surface area contributed by atoms with Crippen molar-refractivity contribution in [3.8, 4) is 5.75 Å². The number of halogens is 3. The summed E-state index contributed by atoms with van der Waals surface area (Å²) in [6.45, 7) is 4.81. The van der Waals surface area contributed by atoms with Crippen LogP contribution in [0.15, 0.2) is 42.5 Å². The Hall–Kier alpha value is -3.31. The number of rotatable bonds is 8. The number of nitrogens with zero attached hydrogens (tertiary/aromatic N) is 2. The molecule has 4 rings (SSSR count). The summed E-state index contributed by atoms with van der Waals surface area (Å²) in [4.78, 5) is 29.8. The molecule has 0 radical (unpaired) electrons. The number of anilines is 1. The number of amides is 3. The number of ether oxygens (including phenoxy) is 1. The molecule has 8 nitrogen and oxygen atoms in total. The van der Waals surface area contributed by atoms with Gasteiger partial charge in [-0.1, -0.05) is 38.3 Å². The average molecular weight is 605 g/mol. The first-order chi connectivity index (χ1) is 20.4. The first-order valence-corrected chi connectivity index (χ1v) is 15.0. The fourth-order valence-electron chi connectivity index (χ4n) is 5.81. The Kier molecular flexibility index (Phi) is 10.9. The van der Waals surface area contributed by atoms with Crippen molar-refractivity contribution in [2.45, 2.75) is 83.3 Å². The van der Waals surface area contributed by atoms with E-state index in [2.05, 4.69) is 10.6 Å². The fourth-order valence-corrected chi connectivity index (χ4v) is 5.81. The van der Waals surface area contributed by atoms with Crippen LogP contribution in [0.25, 0.3) is 0 Å². The number of aliphatic hydroxyl groups is 1. The molecule has 11 heteroatoms. The molecular weight excluding hydrogens is 561 g/mol. The number of carbonyl (C=O) groups is 2. The molecule has 2 aromatic rings. The molecule has 0 saturated heterocycles. The molecule has 3 amide bonds. The molecule has 2 aromatic carbocycles. The van der Waals surface area contributed by atoms with Gasteiger partial charge in [0, 0.05) is 42.8 Å². The van der Waals surface area contributed by atoms with Gasteiger partial charge in [0.25, 0.3) is 0 Å². The summed E-state index contributed by atoms with van der Waals surface area (Å²) in [7, 11) is 1.87. The minimum absolute atomic E-state index is 0.0419. The lowest BCUT2D eigenvalue weighted by Gasteiger charge is -2.34. The highest BCUT2D eigenvalue weighted by Gasteiger charge is 2.32. The van der Waals surface area contributed by atoms with Crippen LogP contribution >= 0.6 is 0 Å². The van der Waals surface area contributed by atoms with E-state index in [4.69, 9.17) is 4.74 Å². The lowest BCUT2D eigenvalue weighted by atomic mass is 9.96. The largest absolute Gasteiger partial charge is 0.488 e. The van der Waals surface area contributed by atoms with Crippen LogP contribution in [-0.2, 0) is 23.9 Å². The number of carbonyl (C=O) groups excluding carboxylic acids is 2. The molecule has 1 fully saturated rings. The molecule has 1 aliphatic carbocycles. The monoisotopic (exact) mass is 604 g/mol. The van der Waals surface area contributed by atoms with E-state index in [-0.39, 0.29) is 43.0 Å². The van der Waals surface area contributed by atoms with Crippen molar-refractivity contribution in [2.24, 2.45) is 5.92 Å². The smallest absolute Gasteiger partial charge is 0.416 e. The van der Waals surface area contributed by atoms with Gasteiger partial charge < -0.3 is 25.4 Å². The summed E-state index contributed by atoms with van der Waals surface area (Å²) in [5.74, 6) is 0.253.